The average Bonchev–Trinajstić information content (AvgIpc) is 2.67. The van der Waals surface area contributed by atoms with Crippen molar-refractivity contribution in [2.24, 2.45) is 5.92 Å². The minimum Gasteiger partial charge on any atom is -0.466 e. The van der Waals surface area contributed by atoms with Crippen molar-refractivity contribution in [3.8, 4) is 5.75 Å². The Kier molecular flexibility index (Phi) is 6.07. The first-order valence-corrected chi connectivity index (χ1v) is 10.7. The number of carbonyl (C=O) groups excluding carboxylic acids is 1. The van der Waals surface area contributed by atoms with Gasteiger partial charge < -0.3 is 8.92 Å². The number of alkyl halides is 3. The SMILES string of the molecule is CCOC(=O)C1CCC(c2ccc3cc(OS(=O)(=O)C(F)(F)F)ccc3c2)CC1. The van der Waals surface area contributed by atoms with Crippen LogP contribution in [0.15, 0.2) is 36.4 Å². The van der Waals surface area contributed by atoms with Gasteiger partial charge in [-0.3, -0.25) is 4.79 Å². The molecule has 5 nitrogen and oxygen atoms in total. The molecule has 9 heteroatoms. The number of carbonyl (C=O) groups is 1. The van der Waals surface area contributed by atoms with Gasteiger partial charge in [0, 0.05) is 0 Å². The molecule has 2 aromatic rings. The third-order valence-electron chi connectivity index (χ3n) is 5.14. The zero-order valence-corrected chi connectivity index (χ0v) is 16.6. The van der Waals surface area contributed by atoms with E-state index in [2.05, 4.69) is 4.18 Å². The number of fused-ring (bicyclic) bond motifs is 1. The molecule has 0 N–H and O–H groups in total. The van der Waals surface area contributed by atoms with E-state index in [0.717, 1.165) is 36.6 Å². The first kappa shape index (κ1) is 21.4. The summed E-state index contributed by atoms with van der Waals surface area (Å²) in [6, 6.07) is 9.54. The van der Waals surface area contributed by atoms with E-state index in [9.17, 15) is 26.4 Å². The summed E-state index contributed by atoms with van der Waals surface area (Å²) in [5.74, 6) is -0.322. The Balaban J connectivity index is 1.73. The fourth-order valence-corrected chi connectivity index (χ4v) is 4.10. The molecule has 1 saturated carbocycles. The lowest BCUT2D eigenvalue weighted by atomic mass is 9.78. The summed E-state index contributed by atoms with van der Waals surface area (Å²) in [4.78, 5) is 11.9. The van der Waals surface area contributed by atoms with Crippen LogP contribution in [-0.4, -0.2) is 26.5 Å². The maximum atomic E-state index is 12.5. The molecule has 0 atom stereocenters. The van der Waals surface area contributed by atoms with E-state index >= 15 is 0 Å². The Bertz CT molecular complexity index is 993. The second kappa shape index (κ2) is 8.22. The predicted molar refractivity (Wildman–Crippen MR) is 101 cm³/mol. The molecule has 3 rings (SSSR count). The summed E-state index contributed by atoms with van der Waals surface area (Å²) < 4.78 is 69.0. The van der Waals surface area contributed by atoms with Crippen molar-refractivity contribution >= 4 is 26.9 Å². The van der Waals surface area contributed by atoms with Crippen LogP contribution in [0.5, 0.6) is 5.75 Å². The largest absolute Gasteiger partial charge is 0.534 e. The van der Waals surface area contributed by atoms with Gasteiger partial charge in [-0.05, 0) is 67.0 Å². The molecule has 0 heterocycles. The Morgan fingerprint density at radius 3 is 2.28 bits per heavy atom. The number of benzene rings is 2. The molecular formula is C20H21F3O5S. The van der Waals surface area contributed by atoms with Gasteiger partial charge in [-0.2, -0.15) is 21.6 Å². The predicted octanol–water partition coefficient (Wildman–Crippen LogP) is 4.91. The van der Waals surface area contributed by atoms with Crippen molar-refractivity contribution in [1.82, 2.24) is 0 Å². The molecule has 0 saturated heterocycles. The van der Waals surface area contributed by atoms with Gasteiger partial charge in [-0.1, -0.05) is 24.3 Å². The van der Waals surface area contributed by atoms with E-state index in [1.165, 1.54) is 18.2 Å². The molecule has 29 heavy (non-hydrogen) atoms. The third kappa shape index (κ3) is 4.83. The number of hydrogen-bond donors (Lipinski definition) is 0. The smallest absolute Gasteiger partial charge is 0.466 e. The van der Waals surface area contributed by atoms with Crippen molar-refractivity contribution < 1.29 is 35.3 Å². The number of ether oxygens (including phenoxy) is 1. The Labute approximate surface area is 166 Å². The van der Waals surface area contributed by atoms with E-state index in [1.807, 2.05) is 12.1 Å². The van der Waals surface area contributed by atoms with Crippen molar-refractivity contribution in [3.05, 3.63) is 42.0 Å². The van der Waals surface area contributed by atoms with E-state index in [1.54, 1.807) is 13.0 Å². The molecule has 1 aliphatic rings. The Morgan fingerprint density at radius 2 is 1.66 bits per heavy atom. The number of esters is 1. The van der Waals surface area contributed by atoms with Crippen LogP contribution in [-0.2, 0) is 19.6 Å². The molecule has 158 valence electrons. The van der Waals surface area contributed by atoms with E-state index < -0.39 is 21.4 Å². The third-order valence-corrected chi connectivity index (χ3v) is 6.12. The van der Waals surface area contributed by atoms with Gasteiger partial charge in [0.15, 0.2) is 0 Å². The molecule has 0 spiro atoms. The molecule has 0 radical (unpaired) electrons. The highest BCUT2D eigenvalue weighted by atomic mass is 32.2. The summed E-state index contributed by atoms with van der Waals surface area (Å²) in [5, 5.41) is 1.34. The van der Waals surface area contributed by atoms with Gasteiger partial charge in [0.25, 0.3) is 0 Å². The van der Waals surface area contributed by atoms with Gasteiger partial charge in [-0.25, -0.2) is 0 Å². The van der Waals surface area contributed by atoms with Crippen LogP contribution in [0, 0.1) is 5.92 Å². The molecule has 0 aliphatic heterocycles. The molecule has 0 bridgehead atoms. The lowest BCUT2D eigenvalue weighted by Crippen LogP contribution is -2.28. The quantitative estimate of drug-likeness (QED) is 0.383. The lowest BCUT2D eigenvalue weighted by molar-refractivity contribution is -0.149. The molecule has 2 aromatic carbocycles. The van der Waals surface area contributed by atoms with Crippen LogP contribution >= 0.6 is 0 Å². The molecular weight excluding hydrogens is 409 g/mol. The maximum Gasteiger partial charge on any atom is 0.534 e. The van der Waals surface area contributed by atoms with Crippen molar-refractivity contribution in [3.63, 3.8) is 0 Å². The molecule has 1 fully saturated rings. The maximum absolute atomic E-state index is 12.5. The second-order valence-corrected chi connectivity index (χ2v) is 8.59. The monoisotopic (exact) mass is 430 g/mol. The zero-order chi connectivity index (χ0) is 21.2. The number of hydrogen-bond acceptors (Lipinski definition) is 5. The standard InChI is InChI=1S/C20H21F3O5S/c1-2-27-19(24)14-5-3-13(4-6-14)15-7-8-17-12-18(10-9-16(17)11-15)28-29(25,26)20(21,22)23/h7-14H,2-6H2,1H3. The molecule has 1 aliphatic carbocycles. The minimum absolute atomic E-state index is 0.0676. The van der Waals surface area contributed by atoms with Crippen LogP contribution in [0.3, 0.4) is 0 Å². The number of halogens is 3. The van der Waals surface area contributed by atoms with Crippen molar-refractivity contribution in [1.29, 1.82) is 0 Å². The first-order chi connectivity index (χ1) is 13.6. The first-order valence-electron chi connectivity index (χ1n) is 9.32. The summed E-state index contributed by atoms with van der Waals surface area (Å²) in [6.07, 6.45) is 3.20. The van der Waals surface area contributed by atoms with Gasteiger partial charge >= 0.3 is 21.6 Å². The normalized spacial score (nSPS) is 20.4. The molecule has 0 amide bonds. The summed E-state index contributed by atoms with van der Waals surface area (Å²) >= 11 is 0. The van der Waals surface area contributed by atoms with Crippen LogP contribution in [0.4, 0.5) is 13.2 Å². The highest BCUT2D eigenvalue weighted by Gasteiger charge is 2.48. The fourth-order valence-electron chi connectivity index (χ4n) is 3.64. The highest BCUT2D eigenvalue weighted by Crippen LogP contribution is 2.38. The fraction of sp³-hybridized carbons (Fsp3) is 0.450. The van der Waals surface area contributed by atoms with Crippen LogP contribution < -0.4 is 4.18 Å². The lowest BCUT2D eigenvalue weighted by Gasteiger charge is -2.27. The van der Waals surface area contributed by atoms with E-state index in [4.69, 9.17) is 4.74 Å². The van der Waals surface area contributed by atoms with Crippen molar-refractivity contribution in [2.75, 3.05) is 6.61 Å². The van der Waals surface area contributed by atoms with Crippen molar-refractivity contribution in [2.45, 2.75) is 44.0 Å². The number of rotatable bonds is 5. The van der Waals surface area contributed by atoms with E-state index in [-0.39, 0.29) is 17.8 Å². The van der Waals surface area contributed by atoms with Gasteiger partial charge in [0.2, 0.25) is 0 Å². The highest BCUT2D eigenvalue weighted by molar-refractivity contribution is 7.88. The minimum atomic E-state index is -5.70. The summed E-state index contributed by atoms with van der Waals surface area (Å²) in [6.45, 7) is 2.16. The topological polar surface area (TPSA) is 69.7 Å². The summed E-state index contributed by atoms with van der Waals surface area (Å²) in [5.41, 5.74) is -4.40. The molecule has 0 unspecified atom stereocenters. The average molecular weight is 430 g/mol. The van der Waals surface area contributed by atoms with Crippen LogP contribution in [0.1, 0.15) is 44.1 Å². The van der Waals surface area contributed by atoms with Gasteiger partial charge in [0.1, 0.15) is 5.75 Å². The zero-order valence-electron chi connectivity index (χ0n) is 15.7. The van der Waals surface area contributed by atoms with Gasteiger partial charge in [0.05, 0.1) is 12.5 Å². The van der Waals surface area contributed by atoms with E-state index in [0.29, 0.717) is 12.0 Å². The second-order valence-electron chi connectivity index (χ2n) is 7.05. The Morgan fingerprint density at radius 1 is 1.03 bits per heavy atom. The van der Waals surface area contributed by atoms with Crippen LogP contribution in [0.25, 0.3) is 10.8 Å². The van der Waals surface area contributed by atoms with Gasteiger partial charge in [-0.15, -0.1) is 0 Å². The molecule has 0 aromatic heterocycles. The van der Waals surface area contributed by atoms with Crippen LogP contribution in [0.2, 0.25) is 0 Å². The summed E-state index contributed by atoms with van der Waals surface area (Å²) in [7, 11) is -5.70. The Hall–Kier alpha value is -2.29.